The van der Waals surface area contributed by atoms with Crippen LogP contribution < -0.4 is 5.14 Å². The van der Waals surface area contributed by atoms with E-state index in [2.05, 4.69) is 0 Å². The topological polar surface area (TPSA) is 104 Å². The molecule has 0 bridgehead atoms. The zero-order chi connectivity index (χ0) is 12.3. The highest BCUT2D eigenvalue weighted by Crippen LogP contribution is 2.21. The SMILES string of the molecule is N#CC(CO)c1ccc(S(N)(=O)=O)cc1F. The summed E-state index contributed by atoms with van der Waals surface area (Å²) in [7, 11) is -3.97. The number of hydrogen-bond donors (Lipinski definition) is 2. The Kier molecular flexibility index (Phi) is 3.59. The highest BCUT2D eigenvalue weighted by atomic mass is 32.2. The largest absolute Gasteiger partial charge is 0.395 e. The van der Waals surface area contributed by atoms with Crippen LogP contribution in [0.2, 0.25) is 0 Å². The molecule has 7 heteroatoms. The van der Waals surface area contributed by atoms with Crippen molar-refractivity contribution in [3.8, 4) is 6.07 Å². The third-order valence-electron chi connectivity index (χ3n) is 2.01. The van der Waals surface area contributed by atoms with Gasteiger partial charge in [-0.15, -0.1) is 0 Å². The van der Waals surface area contributed by atoms with Gasteiger partial charge in [-0.1, -0.05) is 6.07 Å². The van der Waals surface area contributed by atoms with Crippen LogP contribution >= 0.6 is 0 Å². The number of benzene rings is 1. The van der Waals surface area contributed by atoms with Gasteiger partial charge in [-0.25, -0.2) is 17.9 Å². The van der Waals surface area contributed by atoms with Crippen molar-refractivity contribution in [3.05, 3.63) is 29.6 Å². The van der Waals surface area contributed by atoms with E-state index in [0.29, 0.717) is 0 Å². The Hall–Kier alpha value is -1.49. The van der Waals surface area contributed by atoms with Crippen molar-refractivity contribution < 1.29 is 17.9 Å². The van der Waals surface area contributed by atoms with Gasteiger partial charge in [-0.2, -0.15) is 5.26 Å². The predicted molar refractivity (Wildman–Crippen MR) is 53.2 cm³/mol. The molecule has 0 aromatic heterocycles. The molecule has 1 unspecified atom stereocenters. The zero-order valence-corrected chi connectivity index (χ0v) is 8.91. The summed E-state index contributed by atoms with van der Waals surface area (Å²) in [5, 5.41) is 22.2. The fourth-order valence-electron chi connectivity index (χ4n) is 1.18. The van der Waals surface area contributed by atoms with Gasteiger partial charge in [-0.3, -0.25) is 0 Å². The van der Waals surface area contributed by atoms with E-state index in [4.69, 9.17) is 15.5 Å². The lowest BCUT2D eigenvalue weighted by molar-refractivity contribution is 0.283. The monoisotopic (exact) mass is 244 g/mol. The van der Waals surface area contributed by atoms with Crippen LogP contribution in [0, 0.1) is 17.1 Å². The number of aliphatic hydroxyl groups excluding tert-OH is 1. The van der Waals surface area contributed by atoms with Crippen LogP contribution in [0.5, 0.6) is 0 Å². The lowest BCUT2D eigenvalue weighted by Crippen LogP contribution is -2.13. The van der Waals surface area contributed by atoms with Gasteiger partial charge in [0.15, 0.2) is 0 Å². The molecule has 0 aliphatic heterocycles. The molecule has 16 heavy (non-hydrogen) atoms. The van der Waals surface area contributed by atoms with Crippen LogP contribution in [0.4, 0.5) is 4.39 Å². The molecule has 3 N–H and O–H groups in total. The number of nitrogens with zero attached hydrogens (tertiary/aromatic N) is 1. The molecule has 1 aromatic rings. The molecule has 1 aromatic carbocycles. The first-order valence-electron chi connectivity index (χ1n) is 4.23. The van der Waals surface area contributed by atoms with Crippen LogP contribution in [-0.4, -0.2) is 20.1 Å². The Labute approximate surface area is 92.0 Å². The molecule has 0 aliphatic carbocycles. The molecule has 0 fully saturated rings. The maximum Gasteiger partial charge on any atom is 0.238 e. The van der Waals surface area contributed by atoms with E-state index in [1.807, 2.05) is 0 Å². The first kappa shape index (κ1) is 12.6. The highest BCUT2D eigenvalue weighted by Gasteiger charge is 2.17. The number of nitrogens with two attached hydrogens (primary N) is 1. The summed E-state index contributed by atoms with van der Waals surface area (Å²) in [6.07, 6.45) is 0. The van der Waals surface area contributed by atoms with Crippen molar-refractivity contribution in [2.24, 2.45) is 5.14 Å². The van der Waals surface area contributed by atoms with Crippen LogP contribution in [-0.2, 0) is 10.0 Å². The molecule has 0 heterocycles. The summed E-state index contributed by atoms with van der Waals surface area (Å²) < 4.78 is 35.2. The second-order valence-electron chi connectivity index (χ2n) is 3.09. The predicted octanol–water partition coefficient (Wildman–Crippen LogP) is 0.0726. The van der Waals surface area contributed by atoms with Gasteiger partial charge in [0.2, 0.25) is 10.0 Å². The Bertz CT molecular complexity index is 536. The normalized spacial score (nSPS) is 13.1. The molecule has 1 rings (SSSR count). The molecule has 0 aliphatic rings. The van der Waals surface area contributed by atoms with Crippen LogP contribution in [0.15, 0.2) is 23.1 Å². The summed E-state index contributed by atoms with van der Waals surface area (Å²) in [5.41, 5.74) is -0.0580. The lowest BCUT2D eigenvalue weighted by Gasteiger charge is -2.08. The molecule has 0 saturated heterocycles. The summed E-state index contributed by atoms with van der Waals surface area (Å²) in [4.78, 5) is -0.372. The Balaban J connectivity index is 3.26. The van der Waals surface area contributed by atoms with E-state index in [1.165, 1.54) is 0 Å². The zero-order valence-electron chi connectivity index (χ0n) is 8.09. The molecular formula is C9H9FN2O3S. The van der Waals surface area contributed by atoms with Gasteiger partial charge in [0.25, 0.3) is 0 Å². The summed E-state index contributed by atoms with van der Waals surface area (Å²) in [6, 6.07) is 4.64. The van der Waals surface area contributed by atoms with Gasteiger partial charge >= 0.3 is 0 Å². The third kappa shape index (κ3) is 2.55. The average Bonchev–Trinajstić information content (AvgIpc) is 2.20. The average molecular weight is 244 g/mol. The molecule has 0 spiro atoms. The standard InChI is InChI=1S/C9H9FN2O3S/c10-9-3-7(16(12,14)15)1-2-8(9)6(4-11)5-13/h1-3,6,13H,5H2,(H2,12,14,15). The van der Waals surface area contributed by atoms with Gasteiger partial charge in [-0.05, 0) is 12.1 Å². The maximum absolute atomic E-state index is 13.4. The van der Waals surface area contributed by atoms with Crippen LogP contribution in [0.25, 0.3) is 0 Å². The fourth-order valence-corrected chi connectivity index (χ4v) is 1.70. The van der Waals surface area contributed by atoms with E-state index in [0.717, 1.165) is 18.2 Å². The van der Waals surface area contributed by atoms with Crippen LogP contribution in [0.1, 0.15) is 11.5 Å². The Morgan fingerprint density at radius 1 is 1.56 bits per heavy atom. The van der Waals surface area contributed by atoms with Crippen molar-refractivity contribution in [1.82, 2.24) is 0 Å². The summed E-state index contributed by atoms with van der Waals surface area (Å²) in [6.45, 7) is -0.540. The van der Waals surface area contributed by atoms with Gasteiger partial charge in [0.1, 0.15) is 5.82 Å². The fraction of sp³-hybridized carbons (Fsp3) is 0.222. The quantitative estimate of drug-likeness (QED) is 0.785. The number of primary sulfonamides is 1. The van der Waals surface area contributed by atoms with Crippen molar-refractivity contribution in [2.45, 2.75) is 10.8 Å². The third-order valence-corrected chi connectivity index (χ3v) is 2.93. The number of sulfonamides is 1. The van der Waals surface area contributed by atoms with Gasteiger partial charge in [0, 0.05) is 5.56 Å². The summed E-state index contributed by atoms with van der Waals surface area (Å²) >= 11 is 0. The second kappa shape index (κ2) is 4.57. The van der Waals surface area contributed by atoms with Crippen molar-refractivity contribution in [3.63, 3.8) is 0 Å². The number of halogens is 1. The van der Waals surface area contributed by atoms with E-state index in [-0.39, 0.29) is 10.5 Å². The Morgan fingerprint density at radius 3 is 2.56 bits per heavy atom. The van der Waals surface area contributed by atoms with E-state index >= 15 is 0 Å². The van der Waals surface area contributed by atoms with Gasteiger partial charge in [0.05, 0.1) is 23.5 Å². The number of nitriles is 1. The molecule has 1 atom stereocenters. The van der Waals surface area contributed by atoms with Crippen molar-refractivity contribution >= 4 is 10.0 Å². The molecule has 0 amide bonds. The molecule has 0 saturated carbocycles. The first-order valence-corrected chi connectivity index (χ1v) is 5.77. The van der Waals surface area contributed by atoms with E-state index < -0.39 is 28.4 Å². The van der Waals surface area contributed by atoms with Crippen molar-refractivity contribution in [1.29, 1.82) is 5.26 Å². The lowest BCUT2D eigenvalue weighted by atomic mass is 10.0. The van der Waals surface area contributed by atoms with Gasteiger partial charge < -0.3 is 5.11 Å². The number of aliphatic hydroxyl groups is 1. The maximum atomic E-state index is 13.4. The first-order chi connectivity index (χ1) is 7.40. The number of hydrogen-bond acceptors (Lipinski definition) is 4. The minimum Gasteiger partial charge on any atom is -0.395 e. The molecule has 5 nitrogen and oxygen atoms in total. The molecule has 0 radical (unpaired) electrons. The smallest absolute Gasteiger partial charge is 0.238 e. The van der Waals surface area contributed by atoms with E-state index in [9.17, 15) is 12.8 Å². The van der Waals surface area contributed by atoms with Crippen LogP contribution in [0.3, 0.4) is 0 Å². The van der Waals surface area contributed by atoms with E-state index in [1.54, 1.807) is 6.07 Å². The van der Waals surface area contributed by atoms with Crippen molar-refractivity contribution in [2.75, 3.05) is 6.61 Å². The highest BCUT2D eigenvalue weighted by molar-refractivity contribution is 7.89. The molecule has 86 valence electrons. The Morgan fingerprint density at radius 2 is 2.19 bits per heavy atom. The number of rotatable bonds is 3. The molecular weight excluding hydrogens is 235 g/mol. The summed E-state index contributed by atoms with van der Waals surface area (Å²) in [5.74, 6) is -1.90. The minimum atomic E-state index is -3.97. The minimum absolute atomic E-state index is 0.0580. The second-order valence-corrected chi connectivity index (χ2v) is 4.65.